The van der Waals surface area contributed by atoms with Gasteiger partial charge in [0.05, 0.1) is 0 Å². The lowest BCUT2D eigenvalue weighted by molar-refractivity contribution is -0.118. The van der Waals surface area contributed by atoms with Crippen molar-refractivity contribution in [3.8, 4) is 0 Å². The SMILES string of the molecule is Cc1cc(C)cc(NC(=O)[C@@H]2CC23CCN(Cc2ccc(F)c(F)c2)CC3)c1. The monoisotopic (exact) mass is 384 g/mol. The number of aryl methyl sites for hydroxylation is 2. The number of likely N-dealkylation sites (tertiary alicyclic amines) is 1. The van der Waals surface area contributed by atoms with E-state index in [0.29, 0.717) is 6.54 Å². The Morgan fingerprint density at radius 1 is 1.07 bits per heavy atom. The summed E-state index contributed by atoms with van der Waals surface area (Å²) >= 11 is 0. The highest BCUT2D eigenvalue weighted by atomic mass is 19.2. The predicted molar refractivity (Wildman–Crippen MR) is 106 cm³/mol. The van der Waals surface area contributed by atoms with Gasteiger partial charge in [0.2, 0.25) is 5.91 Å². The highest BCUT2D eigenvalue weighted by molar-refractivity contribution is 5.95. The molecule has 2 fully saturated rings. The van der Waals surface area contributed by atoms with Gasteiger partial charge >= 0.3 is 0 Å². The molecule has 148 valence electrons. The van der Waals surface area contributed by atoms with Gasteiger partial charge in [-0.25, -0.2) is 8.78 Å². The summed E-state index contributed by atoms with van der Waals surface area (Å²) in [4.78, 5) is 15.0. The second-order valence-electron chi connectivity index (χ2n) is 8.51. The van der Waals surface area contributed by atoms with E-state index in [1.807, 2.05) is 26.0 Å². The maximum atomic E-state index is 13.4. The van der Waals surface area contributed by atoms with Gasteiger partial charge in [0.15, 0.2) is 11.6 Å². The number of nitrogens with one attached hydrogen (secondary N) is 1. The molecule has 1 aliphatic carbocycles. The average Bonchev–Trinajstić information content (AvgIpc) is 3.33. The number of rotatable bonds is 4. The quantitative estimate of drug-likeness (QED) is 0.819. The van der Waals surface area contributed by atoms with E-state index >= 15 is 0 Å². The molecule has 5 heteroatoms. The van der Waals surface area contributed by atoms with E-state index in [2.05, 4.69) is 16.3 Å². The average molecular weight is 384 g/mol. The Bertz CT molecular complexity index is 883. The summed E-state index contributed by atoms with van der Waals surface area (Å²) in [5.74, 6) is -1.40. The van der Waals surface area contributed by atoms with Crippen molar-refractivity contribution in [1.29, 1.82) is 0 Å². The first-order chi connectivity index (χ1) is 13.3. The number of halogens is 2. The lowest BCUT2D eigenvalue weighted by Crippen LogP contribution is -2.35. The van der Waals surface area contributed by atoms with Gasteiger partial charge in [-0.3, -0.25) is 9.69 Å². The Morgan fingerprint density at radius 3 is 2.39 bits per heavy atom. The molecule has 1 spiro atoms. The van der Waals surface area contributed by atoms with Crippen LogP contribution >= 0.6 is 0 Å². The van der Waals surface area contributed by atoms with Crippen molar-refractivity contribution in [2.45, 2.75) is 39.7 Å². The number of piperidine rings is 1. The Morgan fingerprint density at radius 2 is 1.75 bits per heavy atom. The molecule has 2 aromatic carbocycles. The van der Waals surface area contributed by atoms with E-state index in [4.69, 9.17) is 0 Å². The van der Waals surface area contributed by atoms with Crippen molar-refractivity contribution in [2.24, 2.45) is 11.3 Å². The summed E-state index contributed by atoms with van der Waals surface area (Å²) in [6.45, 7) is 6.44. The van der Waals surface area contributed by atoms with Crippen LogP contribution in [0.5, 0.6) is 0 Å². The minimum atomic E-state index is -0.808. The normalized spacial score (nSPS) is 20.9. The van der Waals surface area contributed by atoms with Gasteiger partial charge in [-0.05, 0) is 92.6 Å². The number of anilines is 1. The zero-order chi connectivity index (χ0) is 19.9. The molecule has 4 rings (SSSR count). The Hall–Kier alpha value is -2.27. The summed E-state index contributed by atoms with van der Waals surface area (Å²) in [6, 6.07) is 10.2. The van der Waals surface area contributed by atoms with Gasteiger partial charge in [-0.2, -0.15) is 0 Å². The van der Waals surface area contributed by atoms with Gasteiger partial charge in [0, 0.05) is 18.2 Å². The lowest BCUT2D eigenvalue weighted by atomic mass is 9.90. The Labute approximate surface area is 164 Å². The molecule has 1 heterocycles. The highest BCUT2D eigenvalue weighted by Gasteiger charge is 2.58. The van der Waals surface area contributed by atoms with E-state index in [1.165, 1.54) is 12.1 Å². The Balaban J connectivity index is 1.31. The Kier molecular flexibility index (Phi) is 4.96. The van der Waals surface area contributed by atoms with Gasteiger partial charge in [0.25, 0.3) is 0 Å². The summed E-state index contributed by atoms with van der Waals surface area (Å²) in [7, 11) is 0. The van der Waals surface area contributed by atoms with Gasteiger partial charge in [-0.15, -0.1) is 0 Å². The maximum absolute atomic E-state index is 13.4. The fraction of sp³-hybridized carbons (Fsp3) is 0.435. The summed E-state index contributed by atoms with van der Waals surface area (Å²) < 4.78 is 26.5. The van der Waals surface area contributed by atoms with Crippen LogP contribution in [0.3, 0.4) is 0 Å². The molecule has 1 amide bonds. The van der Waals surface area contributed by atoms with E-state index in [-0.39, 0.29) is 17.2 Å². The molecule has 2 aromatic rings. The molecule has 0 bridgehead atoms. The molecule has 3 nitrogen and oxygen atoms in total. The van der Waals surface area contributed by atoms with Crippen molar-refractivity contribution in [3.63, 3.8) is 0 Å². The van der Waals surface area contributed by atoms with Crippen molar-refractivity contribution in [1.82, 2.24) is 4.90 Å². The number of benzene rings is 2. The van der Waals surface area contributed by atoms with Gasteiger partial charge < -0.3 is 5.32 Å². The molecule has 1 atom stereocenters. The van der Waals surface area contributed by atoms with Crippen molar-refractivity contribution >= 4 is 11.6 Å². The maximum Gasteiger partial charge on any atom is 0.228 e. The minimum absolute atomic E-state index is 0.0822. The van der Waals surface area contributed by atoms with Crippen LogP contribution in [-0.2, 0) is 11.3 Å². The van der Waals surface area contributed by atoms with E-state index in [0.717, 1.165) is 54.7 Å². The highest BCUT2D eigenvalue weighted by Crippen LogP contribution is 2.59. The molecule has 0 radical (unpaired) electrons. The summed E-state index contributed by atoms with van der Waals surface area (Å²) in [5.41, 5.74) is 4.07. The third kappa shape index (κ3) is 3.95. The molecular formula is C23H26F2N2O. The first-order valence-corrected chi connectivity index (χ1v) is 9.90. The largest absolute Gasteiger partial charge is 0.326 e. The standard InChI is InChI=1S/C23H26F2N2O/c1-15-9-16(2)11-18(10-15)26-22(28)19-13-23(19)5-7-27(8-6-23)14-17-3-4-20(24)21(25)12-17/h3-4,9-12,19H,5-8,13-14H2,1-2H3,(H,26,28)/t19-/m0/s1. The fourth-order valence-corrected chi connectivity index (χ4v) is 4.60. The summed E-state index contributed by atoms with van der Waals surface area (Å²) in [5, 5.41) is 3.09. The third-order valence-electron chi connectivity index (χ3n) is 6.24. The van der Waals surface area contributed by atoms with E-state index in [1.54, 1.807) is 6.07 Å². The molecular weight excluding hydrogens is 358 g/mol. The number of hydrogen-bond acceptors (Lipinski definition) is 2. The molecule has 0 aromatic heterocycles. The molecule has 1 N–H and O–H groups in total. The second-order valence-corrected chi connectivity index (χ2v) is 8.51. The fourth-order valence-electron chi connectivity index (χ4n) is 4.60. The van der Waals surface area contributed by atoms with Crippen molar-refractivity contribution in [2.75, 3.05) is 18.4 Å². The molecule has 28 heavy (non-hydrogen) atoms. The minimum Gasteiger partial charge on any atom is -0.326 e. The first-order valence-electron chi connectivity index (χ1n) is 9.90. The van der Waals surface area contributed by atoms with Crippen LogP contribution in [0.2, 0.25) is 0 Å². The van der Waals surface area contributed by atoms with Crippen LogP contribution in [0.15, 0.2) is 36.4 Å². The van der Waals surface area contributed by atoms with Crippen LogP contribution in [0.4, 0.5) is 14.5 Å². The first kappa shape index (κ1) is 19.1. The molecule has 1 saturated heterocycles. The molecule has 1 aliphatic heterocycles. The van der Waals surface area contributed by atoms with Crippen LogP contribution in [0, 0.1) is 36.8 Å². The molecule has 2 aliphatic rings. The zero-order valence-electron chi connectivity index (χ0n) is 16.4. The van der Waals surface area contributed by atoms with Crippen LogP contribution in [0.25, 0.3) is 0 Å². The smallest absolute Gasteiger partial charge is 0.228 e. The number of carbonyl (C=O) groups excluding carboxylic acids is 1. The predicted octanol–water partition coefficient (Wildman–Crippen LogP) is 4.82. The lowest BCUT2D eigenvalue weighted by Gasteiger charge is -2.32. The van der Waals surface area contributed by atoms with Gasteiger partial charge in [-0.1, -0.05) is 12.1 Å². The topological polar surface area (TPSA) is 32.3 Å². The number of carbonyl (C=O) groups is 1. The van der Waals surface area contributed by atoms with Crippen LogP contribution in [-0.4, -0.2) is 23.9 Å². The van der Waals surface area contributed by atoms with E-state index < -0.39 is 11.6 Å². The second kappa shape index (κ2) is 7.28. The molecule has 0 unspecified atom stereocenters. The number of amides is 1. The zero-order valence-corrected chi connectivity index (χ0v) is 16.4. The third-order valence-corrected chi connectivity index (χ3v) is 6.24. The summed E-state index contributed by atoms with van der Waals surface area (Å²) in [6.07, 6.45) is 2.89. The van der Waals surface area contributed by atoms with E-state index in [9.17, 15) is 13.6 Å². The van der Waals surface area contributed by atoms with Crippen molar-refractivity contribution < 1.29 is 13.6 Å². The van der Waals surface area contributed by atoms with Gasteiger partial charge in [0.1, 0.15) is 0 Å². The van der Waals surface area contributed by atoms with Crippen molar-refractivity contribution in [3.05, 3.63) is 64.7 Å². The number of hydrogen-bond donors (Lipinski definition) is 1. The van der Waals surface area contributed by atoms with Crippen LogP contribution in [0.1, 0.15) is 36.0 Å². The van der Waals surface area contributed by atoms with Crippen LogP contribution < -0.4 is 5.32 Å². The molecule has 1 saturated carbocycles. The number of nitrogens with zero attached hydrogens (tertiary/aromatic N) is 1.